The van der Waals surface area contributed by atoms with Crippen LogP contribution in [0.5, 0.6) is 11.5 Å². The largest absolute Gasteiger partial charge is 0.454 e. The summed E-state index contributed by atoms with van der Waals surface area (Å²) in [5.41, 5.74) is -0.779. The van der Waals surface area contributed by atoms with Crippen LogP contribution in [0.2, 0.25) is 0 Å². The van der Waals surface area contributed by atoms with Crippen LogP contribution in [0.3, 0.4) is 0 Å². The fourth-order valence-electron chi connectivity index (χ4n) is 2.67. The smallest absolute Gasteiger partial charge is 0.231 e. The normalized spacial score (nSPS) is 15.2. The topological polar surface area (TPSA) is 102 Å². The summed E-state index contributed by atoms with van der Waals surface area (Å²) in [6.07, 6.45) is -0.186. The van der Waals surface area contributed by atoms with Gasteiger partial charge in [0.05, 0.1) is 17.2 Å². The number of benzene rings is 2. The van der Waals surface area contributed by atoms with Crippen molar-refractivity contribution in [1.29, 1.82) is 0 Å². The van der Waals surface area contributed by atoms with Crippen molar-refractivity contribution in [1.82, 2.24) is 5.32 Å². The predicted molar refractivity (Wildman–Crippen MR) is 98.3 cm³/mol. The lowest BCUT2D eigenvalue weighted by Crippen LogP contribution is -2.39. The zero-order chi connectivity index (χ0) is 19.5. The Morgan fingerprint density at radius 2 is 1.85 bits per heavy atom. The molecule has 0 bridgehead atoms. The van der Waals surface area contributed by atoms with E-state index in [1.807, 2.05) is 0 Å². The summed E-state index contributed by atoms with van der Waals surface area (Å²) in [5, 5.41) is 13.2. The number of ether oxygens (including phenoxy) is 2. The molecule has 0 aromatic heterocycles. The van der Waals surface area contributed by atoms with Crippen LogP contribution in [-0.2, 0) is 20.2 Å². The van der Waals surface area contributed by atoms with E-state index >= 15 is 0 Å². The standard InChI is InChI=1S/C19H21NO6S/c1-19(22,14-7-8-16-17(11-14)26-13-25-16)12-20-18(21)9-10-27(23,24)15-5-3-2-4-6-15/h2-8,11,22H,9-10,12-13H2,1H3,(H,20,21)/t19-/m1/s1. The Kier molecular flexibility index (Phi) is 5.38. The van der Waals surface area contributed by atoms with Crippen LogP contribution >= 0.6 is 0 Å². The summed E-state index contributed by atoms with van der Waals surface area (Å²) in [6.45, 7) is 1.63. The lowest BCUT2D eigenvalue weighted by atomic mass is 9.95. The van der Waals surface area contributed by atoms with Crippen molar-refractivity contribution in [2.45, 2.75) is 23.8 Å². The molecule has 0 saturated carbocycles. The molecule has 1 heterocycles. The molecular formula is C19H21NO6S. The first-order valence-corrected chi connectivity index (χ1v) is 10.1. The Balaban J connectivity index is 1.55. The lowest BCUT2D eigenvalue weighted by molar-refractivity contribution is -0.121. The highest BCUT2D eigenvalue weighted by atomic mass is 32.2. The molecule has 1 atom stereocenters. The van der Waals surface area contributed by atoms with E-state index < -0.39 is 21.3 Å². The molecule has 27 heavy (non-hydrogen) atoms. The van der Waals surface area contributed by atoms with E-state index in [9.17, 15) is 18.3 Å². The van der Waals surface area contributed by atoms with Gasteiger partial charge in [0.2, 0.25) is 12.7 Å². The van der Waals surface area contributed by atoms with Crippen molar-refractivity contribution in [3.05, 3.63) is 54.1 Å². The van der Waals surface area contributed by atoms with Gasteiger partial charge in [0.25, 0.3) is 0 Å². The molecule has 2 aromatic carbocycles. The minimum absolute atomic E-state index is 0.0587. The van der Waals surface area contributed by atoms with E-state index in [1.165, 1.54) is 12.1 Å². The number of hydrogen-bond acceptors (Lipinski definition) is 6. The lowest BCUT2D eigenvalue weighted by Gasteiger charge is -2.24. The van der Waals surface area contributed by atoms with Gasteiger partial charge >= 0.3 is 0 Å². The third-order valence-corrected chi connectivity index (χ3v) is 6.06. The van der Waals surface area contributed by atoms with E-state index in [-0.39, 0.29) is 30.4 Å². The zero-order valence-corrected chi connectivity index (χ0v) is 15.7. The fourth-order valence-corrected chi connectivity index (χ4v) is 3.93. The Labute approximate surface area is 157 Å². The van der Waals surface area contributed by atoms with Crippen LogP contribution < -0.4 is 14.8 Å². The summed E-state index contributed by atoms with van der Waals surface area (Å²) < 4.78 is 34.9. The molecule has 144 valence electrons. The molecule has 3 rings (SSSR count). The van der Waals surface area contributed by atoms with Gasteiger partial charge < -0.3 is 19.9 Å². The molecule has 0 radical (unpaired) electrons. The fraction of sp³-hybridized carbons (Fsp3) is 0.316. The van der Waals surface area contributed by atoms with Crippen molar-refractivity contribution >= 4 is 15.7 Å². The quantitative estimate of drug-likeness (QED) is 0.743. The van der Waals surface area contributed by atoms with Crippen LogP contribution in [-0.4, -0.2) is 38.5 Å². The number of rotatable bonds is 7. The van der Waals surface area contributed by atoms with Gasteiger partial charge in [-0.3, -0.25) is 4.79 Å². The summed E-state index contributed by atoms with van der Waals surface area (Å²) in [6, 6.07) is 13.0. The van der Waals surface area contributed by atoms with E-state index in [0.29, 0.717) is 17.1 Å². The molecule has 7 nitrogen and oxygen atoms in total. The van der Waals surface area contributed by atoms with Gasteiger partial charge in [0, 0.05) is 6.42 Å². The highest BCUT2D eigenvalue weighted by Gasteiger charge is 2.27. The number of nitrogens with one attached hydrogen (secondary N) is 1. The monoisotopic (exact) mass is 391 g/mol. The van der Waals surface area contributed by atoms with E-state index in [4.69, 9.17) is 9.47 Å². The van der Waals surface area contributed by atoms with Crippen LogP contribution in [0.4, 0.5) is 0 Å². The van der Waals surface area contributed by atoms with E-state index in [0.717, 1.165) is 0 Å². The number of hydrogen-bond donors (Lipinski definition) is 2. The number of fused-ring (bicyclic) bond motifs is 1. The highest BCUT2D eigenvalue weighted by Crippen LogP contribution is 2.35. The van der Waals surface area contributed by atoms with Gasteiger partial charge in [-0.05, 0) is 36.8 Å². The number of carbonyl (C=O) groups excluding carboxylic acids is 1. The second kappa shape index (κ2) is 7.58. The van der Waals surface area contributed by atoms with Gasteiger partial charge in [-0.1, -0.05) is 24.3 Å². The minimum atomic E-state index is -3.52. The van der Waals surface area contributed by atoms with Crippen LogP contribution in [0.25, 0.3) is 0 Å². The molecule has 1 amide bonds. The first-order valence-electron chi connectivity index (χ1n) is 8.45. The molecule has 0 spiro atoms. The number of amides is 1. The second-order valence-electron chi connectivity index (χ2n) is 6.50. The molecule has 0 saturated heterocycles. The van der Waals surface area contributed by atoms with Crippen molar-refractivity contribution < 1.29 is 27.8 Å². The van der Waals surface area contributed by atoms with Crippen molar-refractivity contribution in [3.8, 4) is 11.5 Å². The second-order valence-corrected chi connectivity index (χ2v) is 8.61. The first kappa shape index (κ1) is 19.2. The predicted octanol–water partition coefficient (Wildman–Crippen LogP) is 1.60. The molecule has 1 aliphatic heterocycles. The van der Waals surface area contributed by atoms with Crippen molar-refractivity contribution in [2.24, 2.45) is 0 Å². The number of sulfone groups is 1. The Bertz CT molecular complexity index is 924. The average molecular weight is 391 g/mol. The molecule has 2 aromatic rings. The third-order valence-electron chi connectivity index (χ3n) is 4.32. The number of carbonyl (C=O) groups is 1. The van der Waals surface area contributed by atoms with E-state index in [1.54, 1.807) is 43.3 Å². The average Bonchev–Trinajstić information content (AvgIpc) is 3.13. The van der Waals surface area contributed by atoms with Gasteiger partial charge in [0.15, 0.2) is 21.3 Å². The minimum Gasteiger partial charge on any atom is -0.454 e. The number of aliphatic hydroxyl groups is 1. The summed E-state index contributed by atoms with van der Waals surface area (Å²) in [7, 11) is -3.52. The van der Waals surface area contributed by atoms with Gasteiger partial charge in [-0.2, -0.15) is 0 Å². The summed E-state index contributed by atoms with van der Waals surface area (Å²) in [4.78, 5) is 12.2. The Hall–Kier alpha value is -2.58. The van der Waals surface area contributed by atoms with Gasteiger partial charge in [-0.25, -0.2) is 8.42 Å². The van der Waals surface area contributed by atoms with Crippen LogP contribution in [0.15, 0.2) is 53.4 Å². The summed E-state index contributed by atoms with van der Waals surface area (Å²) >= 11 is 0. The Morgan fingerprint density at radius 1 is 1.15 bits per heavy atom. The molecule has 0 unspecified atom stereocenters. The molecule has 0 aliphatic carbocycles. The SMILES string of the molecule is C[C@@](O)(CNC(=O)CCS(=O)(=O)c1ccccc1)c1ccc2c(c1)OCO2. The van der Waals surface area contributed by atoms with Gasteiger partial charge in [0.1, 0.15) is 5.60 Å². The van der Waals surface area contributed by atoms with Gasteiger partial charge in [-0.15, -0.1) is 0 Å². The maximum absolute atomic E-state index is 12.2. The zero-order valence-electron chi connectivity index (χ0n) is 14.8. The van der Waals surface area contributed by atoms with Crippen LogP contribution in [0.1, 0.15) is 18.9 Å². The maximum atomic E-state index is 12.2. The summed E-state index contributed by atoms with van der Waals surface area (Å²) in [5.74, 6) is 0.392. The maximum Gasteiger partial charge on any atom is 0.231 e. The molecule has 8 heteroatoms. The van der Waals surface area contributed by atoms with Crippen LogP contribution in [0, 0.1) is 0 Å². The molecule has 0 fully saturated rings. The third kappa shape index (κ3) is 4.58. The highest BCUT2D eigenvalue weighted by molar-refractivity contribution is 7.91. The molecule has 1 aliphatic rings. The molecule has 2 N–H and O–H groups in total. The van der Waals surface area contributed by atoms with Crippen molar-refractivity contribution in [3.63, 3.8) is 0 Å². The van der Waals surface area contributed by atoms with E-state index in [2.05, 4.69) is 5.32 Å². The Morgan fingerprint density at radius 3 is 2.59 bits per heavy atom. The molecular weight excluding hydrogens is 370 g/mol. The van der Waals surface area contributed by atoms with Crippen molar-refractivity contribution in [2.75, 3.05) is 19.1 Å². The first-order chi connectivity index (χ1) is 12.8.